The van der Waals surface area contributed by atoms with E-state index in [4.69, 9.17) is 9.47 Å². The lowest BCUT2D eigenvalue weighted by Crippen LogP contribution is -2.50. The third-order valence-corrected chi connectivity index (χ3v) is 4.77. The molecule has 2 atom stereocenters. The van der Waals surface area contributed by atoms with Crippen molar-refractivity contribution in [2.75, 3.05) is 27.2 Å². The van der Waals surface area contributed by atoms with Crippen LogP contribution < -0.4 is 5.32 Å². The van der Waals surface area contributed by atoms with Gasteiger partial charge in [-0.05, 0) is 35.7 Å². The number of hydrogen-bond donors (Lipinski definition) is 1. The molecule has 5 nitrogen and oxygen atoms in total. The number of halogens is 1. The molecule has 0 amide bonds. The molecule has 1 fully saturated rings. The van der Waals surface area contributed by atoms with Gasteiger partial charge in [0.2, 0.25) is 0 Å². The SMILES string of the molecule is CN=C(NCc1cccc(COC)c1)N1CC(C)OC(c2ccc(F)cc2)C1. The second-order valence-corrected chi connectivity index (χ2v) is 7.05. The van der Waals surface area contributed by atoms with Crippen LogP contribution in [0.25, 0.3) is 0 Å². The zero-order chi connectivity index (χ0) is 19.9. The van der Waals surface area contributed by atoms with Gasteiger partial charge < -0.3 is 19.7 Å². The van der Waals surface area contributed by atoms with E-state index in [-0.39, 0.29) is 18.0 Å². The number of methoxy groups -OCH3 is 1. The fourth-order valence-corrected chi connectivity index (χ4v) is 3.50. The van der Waals surface area contributed by atoms with Crippen molar-refractivity contribution in [3.63, 3.8) is 0 Å². The van der Waals surface area contributed by atoms with Crippen LogP contribution in [0.15, 0.2) is 53.5 Å². The fourth-order valence-electron chi connectivity index (χ4n) is 3.50. The van der Waals surface area contributed by atoms with Gasteiger partial charge in [0.1, 0.15) is 11.9 Å². The second kappa shape index (κ2) is 9.66. The zero-order valence-corrected chi connectivity index (χ0v) is 16.7. The number of nitrogens with zero attached hydrogens (tertiary/aromatic N) is 2. The van der Waals surface area contributed by atoms with Crippen LogP contribution in [-0.4, -0.2) is 44.2 Å². The number of hydrogen-bond acceptors (Lipinski definition) is 3. The van der Waals surface area contributed by atoms with Crippen LogP contribution in [0.2, 0.25) is 0 Å². The second-order valence-electron chi connectivity index (χ2n) is 7.05. The van der Waals surface area contributed by atoms with Gasteiger partial charge in [-0.15, -0.1) is 0 Å². The minimum absolute atomic E-state index is 0.0485. The van der Waals surface area contributed by atoms with Gasteiger partial charge in [-0.2, -0.15) is 0 Å². The highest BCUT2D eigenvalue weighted by Gasteiger charge is 2.28. The Morgan fingerprint density at radius 2 is 1.96 bits per heavy atom. The fraction of sp³-hybridized carbons (Fsp3) is 0.409. The summed E-state index contributed by atoms with van der Waals surface area (Å²) in [6, 6.07) is 14.8. The number of aliphatic imine (C=N–C) groups is 1. The highest BCUT2D eigenvalue weighted by molar-refractivity contribution is 5.80. The summed E-state index contributed by atoms with van der Waals surface area (Å²) < 4.78 is 24.5. The molecule has 0 spiro atoms. The molecular formula is C22H28FN3O2. The van der Waals surface area contributed by atoms with E-state index >= 15 is 0 Å². The van der Waals surface area contributed by atoms with E-state index in [1.165, 1.54) is 17.7 Å². The first-order valence-corrected chi connectivity index (χ1v) is 9.52. The molecule has 2 aromatic carbocycles. The van der Waals surface area contributed by atoms with Crippen LogP contribution in [0.4, 0.5) is 4.39 Å². The summed E-state index contributed by atoms with van der Waals surface area (Å²) in [7, 11) is 3.49. The number of guanidine groups is 1. The number of benzene rings is 2. The van der Waals surface area contributed by atoms with Gasteiger partial charge in [-0.25, -0.2) is 4.39 Å². The maximum Gasteiger partial charge on any atom is 0.194 e. The monoisotopic (exact) mass is 385 g/mol. The van der Waals surface area contributed by atoms with Crippen LogP contribution in [0.3, 0.4) is 0 Å². The van der Waals surface area contributed by atoms with Crippen molar-refractivity contribution in [2.45, 2.75) is 32.3 Å². The molecule has 1 heterocycles. The van der Waals surface area contributed by atoms with E-state index in [1.807, 2.05) is 13.0 Å². The summed E-state index contributed by atoms with van der Waals surface area (Å²) in [6.07, 6.45) is -0.0692. The Balaban J connectivity index is 1.66. The van der Waals surface area contributed by atoms with E-state index in [0.29, 0.717) is 19.7 Å². The normalized spacial score (nSPS) is 20.3. The lowest BCUT2D eigenvalue weighted by molar-refractivity contribution is -0.0605. The Bertz CT molecular complexity index is 795. The van der Waals surface area contributed by atoms with Gasteiger partial charge in [-0.3, -0.25) is 4.99 Å². The van der Waals surface area contributed by atoms with E-state index < -0.39 is 0 Å². The van der Waals surface area contributed by atoms with Gasteiger partial charge in [0.25, 0.3) is 0 Å². The predicted molar refractivity (Wildman–Crippen MR) is 109 cm³/mol. The molecule has 0 bridgehead atoms. The highest BCUT2D eigenvalue weighted by Crippen LogP contribution is 2.25. The van der Waals surface area contributed by atoms with Gasteiger partial charge in [-0.1, -0.05) is 36.4 Å². The van der Waals surface area contributed by atoms with Crippen molar-refractivity contribution in [2.24, 2.45) is 4.99 Å². The molecule has 1 aliphatic rings. The average Bonchev–Trinajstić information content (AvgIpc) is 2.69. The van der Waals surface area contributed by atoms with Crippen LogP contribution in [0.5, 0.6) is 0 Å². The van der Waals surface area contributed by atoms with Gasteiger partial charge in [0, 0.05) is 27.2 Å². The molecular weight excluding hydrogens is 357 g/mol. The molecule has 0 aromatic heterocycles. The van der Waals surface area contributed by atoms with Crippen LogP contribution in [0, 0.1) is 5.82 Å². The minimum Gasteiger partial charge on any atom is -0.380 e. The summed E-state index contributed by atoms with van der Waals surface area (Å²) in [6.45, 7) is 4.74. The Labute approximate surface area is 166 Å². The molecule has 150 valence electrons. The number of nitrogens with one attached hydrogen (secondary N) is 1. The van der Waals surface area contributed by atoms with E-state index in [2.05, 4.69) is 33.4 Å². The number of morpholine rings is 1. The lowest BCUT2D eigenvalue weighted by Gasteiger charge is -2.38. The maximum absolute atomic E-state index is 13.2. The molecule has 0 radical (unpaired) electrons. The number of ether oxygens (including phenoxy) is 2. The summed E-state index contributed by atoms with van der Waals surface area (Å²) in [5, 5.41) is 3.45. The molecule has 0 aliphatic carbocycles. The van der Waals surface area contributed by atoms with Crippen molar-refractivity contribution >= 4 is 5.96 Å². The third kappa shape index (κ3) is 5.30. The molecule has 1 aliphatic heterocycles. The van der Waals surface area contributed by atoms with Crippen LogP contribution in [-0.2, 0) is 22.6 Å². The molecule has 1 saturated heterocycles. The average molecular weight is 385 g/mol. The topological polar surface area (TPSA) is 46.1 Å². The molecule has 2 unspecified atom stereocenters. The lowest BCUT2D eigenvalue weighted by atomic mass is 10.1. The van der Waals surface area contributed by atoms with Crippen molar-refractivity contribution in [1.82, 2.24) is 10.2 Å². The summed E-state index contributed by atoms with van der Waals surface area (Å²) in [4.78, 5) is 6.65. The Kier molecular flexibility index (Phi) is 7.01. The highest BCUT2D eigenvalue weighted by atomic mass is 19.1. The molecule has 6 heteroatoms. The quantitative estimate of drug-likeness (QED) is 0.632. The number of rotatable bonds is 5. The van der Waals surface area contributed by atoms with Crippen molar-refractivity contribution in [3.05, 3.63) is 71.0 Å². The Morgan fingerprint density at radius 3 is 2.68 bits per heavy atom. The minimum atomic E-state index is -0.238. The van der Waals surface area contributed by atoms with Crippen molar-refractivity contribution in [3.8, 4) is 0 Å². The van der Waals surface area contributed by atoms with Crippen LogP contribution in [0.1, 0.15) is 29.7 Å². The van der Waals surface area contributed by atoms with Gasteiger partial charge >= 0.3 is 0 Å². The smallest absolute Gasteiger partial charge is 0.194 e. The molecule has 2 aromatic rings. The first-order valence-electron chi connectivity index (χ1n) is 9.52. The summed E-state index contributed by atoms with van der Waals surface area (Å²) >= 11 is 0. The van der Waals surface area contributed by atoms with Crippen molar-refractivity contribution in [1.29, 1.82) is 0 Å². The molecule has 3 rings (SSSR count). The Hall–Kier alpha value is -2.44. The molecule has 28 heavy (non-hydrogen) atoms. The van der Waals surface area contributed by atoms with Gasteiger partial charge in [0.15, 0.2) is 5.96 Å². The Morgan fingerprint density at radius 1 is 1.21 bits per heavy atom. The standard InChI is InChI=1S/C22H28FN3O2/c1-16-13-26(14-21(28-16)19-7-9-20(23)10-8-19)22(24-2)25-12-17-5-4-6-18(11-17)15-27-3/h4-11,16,21H,12-15H2,1-3H3,(H,24,25). The first kappa shape index (κ1) is 20.3. The van der Waals surface area contributed by atoms with Gasteiger partial charge in [0.05, 0.1) is 19.3 Å². The molecule has 1 N–H and O–H groups in total. The zero-order valence-electron chi connectivity index (χ0n) is 16.7. The van der Waals surface area contributed by atoms with Crippen LogP contribution >= 0.6 is 0 Å². The molecule has 0 saturated carbocycles. The maximum atomic E-state index is 13.2. The van der Waals surface area contributed by atoms with E-state index in [1.54, 1.807) is 26.3 Å². The first-order chi connectivity index (χ1) is 13.6. The third-order valence-electron chi connectivity index (χ3n) is 4.77. The summed E-state index contributed by atoms with van der Waals surface area (Å²) in [5.41, 5.74) is 3.29. The predicted octanol–water partition coefficient (Wildman–Crippen LogP) is 3.51. The largest absolute Gasteiger partial charge is 0.380 e. The van der Waals surface area contributed by atoms with Crippen molar-refractivity contribution < 1.29 is 13.9 Å². The summed E-state index contributed by atoms with van der Waals surface area (Å²) in [5.74, 6) is 0.594. The van der Waals surface area contributed by atoms with E-state index in [9.17, 15) is 4.39 Å². The van der Waals surface area contributed by atoms with E-state index in [0.717, 1.165) is 23.6 Å².